The minimum absolute atomic E-state index is 0.0688. The van der Waals surface area contributed by atoms with Crippen LogP contribution in [0.5, 0.6) is 0 Å². The molecule has 1 aliphatic heterocycles. The first kappa shape index (κ1) is 14.0. The number of piperazine rings is 1. The summed E-state index contributed by atoms with van der Waals surface area (Å²) in [7, 11) is 2.01. The van der Waals surface area contributed by atoms with Crippen LogP contribution < -0.4 is 0 Å². The molecule has 6 nitrogen and oxygen atoms in total. The minimum Gasteiger partial charge on any atom is -0.336 e. The second kappa shape index (κ2) is 5.66. The first-order valence-corrected chi connectivity index (χ1v) is 6.70. The predicted octanol–water partition coefficient (Wildman–Crippen LogP) is 1.74. The summed E-state index contributed by atoms with van der Waals surface area (Å²) >= 11 is 3.28. The summed E-state index contributed by atoms with van der Waals surface area (Å²) in [6.07, 6.45) is 0. The largest absolute Gasteiger partial charge is 0.336 e. The quantitative estimate of drug-likeness (QED) is 0.613. The van der Waals surface area contributed by atoms with Crippen LogP contribution in [0.2, 0.25) is 0 Å². The molecule has 1 fully saturated rings. The number of amides is 1. The van der Waals surface area contributed by atoms with E-state index in [1.807, 2.05) is 7.05 Å². The molecule has 2 rings (SSSR count). The molecular weight excluding hydrogens is 314 g/mol. The SMILES string of the molecule is CN1CCN(C(=O)c2cc([N+](=O)[O-])ccc2Br)CC1. The number of likely N-dealkylation sites (N-methyl/N-ethyl adjacent to an activating group) is 1. The molecule has 0 spiro atoms. The zero-order valence-electron chi connectivity index (χ0n) is 10.5. The fourth-order valence-electron chi connectivity index (χ4n) is 1.97. The maximum atomic E-state index is 12.4. The van der Waals surface area contributed by atoms with Gasteiger partial charge >= 0.3 is 0 Å². The summed E-state index contributed by atoms with van der Waals surface area (Å²) in [6.45, 7) is 2.92. The van der Waals surface area contributed by atoms with Crippen LogP contribution in [-0.2, 0) is 0 Å². The fourth-order valence-corrected chi connectivity index (χ4v) is 2.39. The standard InChI is InChI=1S/C12H14BrN3O3/c1-14-4-6-15(7-5-14)12(17)10-8-9(16(18)19)2-3-11(10)13/h2-3,8H,4-7H2,1H3. The third-order valence-corrected chi connectivity index (χ3v) is 3.87. The van der Waals surface area contributed by atoms with Crippen LogP contribution in [0.3, 0.4) is 0 Å². The second-order valence-electron chi connectivity index (χ2n) is 4.52. The molecule has 1 saturated heterocycles. The highest BCUT2D eigenvalue weighted by Gasteiger charge is 2.23. The zero-order chi connectivity index (χ0) is 14.0. The van der Waals surface area contributed by atoms with Crippen LogP contribution >= 0.6 is 15.9 Å². The number of rotatable bonds is 2. The molecule has 0 N–H and O–H groups in total. The van der Waals surface area contributed by atoms with Gasteiger partial charge in [0.25, 0.3) is 11.6 Å². The van der Waals surface area contributed by atoms with Crippen molar-refractivity contribution in [1.82, 2.24) is 9.80 Å². The van der Waals surface area contributed by atoms with E-state index in [2.05, 4.69) is 20.8 Å². The average molecular weight is 328 g/mol. The van der Waals surface area contributed by atoms with E-state index in [-0.39, 0.29) is 11.6 Å². The number of nitrogens with zero attached hydrogens (tertiary/aromatic N) is 3. The van der Waals surface area contributed by atoms with Crippen LogP contribution in [0.4, 0.5) is 5.69 Å². The Bertz CT molecular complexity index is 513. The first-order chi connectivity index (χ1) is 8.99. The number of benzene rings is 1. The monoisotopic (exact) mass is 327 g/mol. The maximum Gasteiger partial charge on any atom is 0.270 e. The molecule has 0 bridgehead atoms. The van der Waals surface area contributed by atoms with Crippen molar-refractivity contribution in [2.45, 2.75) is 0 Å². The molecule has 0 unspecified atom stereocenters. The van der Waals surface area contributed by atoms with Crippen LogP contribution in [0.25, 0.3) is 0 Å². The molecule has 0 aromatic heterocycles. The average Bonchev–Trinajstić information content (AvgIpc) is 2.39. The molecule has 1 heterocycles. The van der Waals surface area contributed by atoms with Crippen LogP contribution in [0.15, 0.2) is 22.7 Å². The predicted molar refractivity (Wildman–Crippen MR) is 74.2 cm³/mol. The van der Waals surface area contributed by atoms with Crippen molar-refractivity contribution in [3.05, 3.63) is 38.3 Å². The number of hydrogen-bond acceptors (Lipinski definition) is 4. The summed E-state index contributed by atoms with van der Waals surface area (Å²) < 4.78 is 0.585. The van der Waals surface area contributed by atoms with Gasteiger partial charge in [-0.15, -0.1) is 0 Å². The second-order valence-corrected chi connectivity index (χ2v) is 5.37. The Morgan fingerprint density at radius 3 is 2.53 bits per heavy atom. The Morgan fingerprint density at radius 2 is 1.95 bits per heavy atom. The van der Waals surface area contributed by atoms with Crippen LogP contribution in [0.1, 0.15) is 10.4 Å². The van der Waals surface area contributed by atoms with Gasteiger partial charge in [-0.05, 0) is 29.0 Å². The molecule has 1 amide bonds. The highest BCUT2D eigenvalue weighted by atomic mass is 79.9. The number of hydrogen-bond donors (Lipinski definition) is 0. The number of non-ortho nitro benzene ring substituents is 1. The van der Waals surface area contributed by atoms with Gasteiger partial charge in [-0.3, -0.25) is 14.9 Å². The first-order valence-electron chi connectivity index (χ1n) is 5.91. The zero-order valence-corrected chi connectivity index (χ0v) is 12.1. The molecule has 19 heavy (non-hydrogen) atoms. The third-order valence-electron chi connectivity index (χ3n) is 3.18. The Kier molecular flexibility index (Phi) is 4.16. The van der Waals surface area contributed by atoms with Crippen LogP contribution in [0, 0.1) is 10.1 Å². The van der Waals surface area contributed by atoms with Gasteiger partial charge in [0.1, 0.15) is 0 Å². The number of halogens is 1. The molecule has 0 atom stereocenters. The van der Waals surface area contributed by atoms with Gasteiger partial charge < -0.3 is 9.80 Å². The summed E-state index contributed by atoms with van der Waals surface area (Å²) in [6, 6.07) is 4.25. The lowest BCUT2D eigenvalue weighted by atomic mass is 10.1. The molecule has 1 aromatic rings. The lowest BCUT2D eigenvalue weighted by Crippen LogP contribution is -2.47. The van der Waals surface area contributed by atoms with Crippen LogP contribution in [-0.4, -0.2) is 53.9 Å². The molecule has 7 heteroatoms. The number of carbonyl (C=O) groups is 1. The van der Waals surface area contributed by atoms with E-state index in [1.165, 1.54) is 12.1 Å². The number of nitro benzene ring substituents is 1. The van der Waals surface area contributed by atoms with E-state index in [1.54, 1.807) is 11.0 Å². The summed E-state index contributed by atoms with van der Waals surface area (Å²) in [5, 5.41) is 10.8. The number of nitro groups is 1. The van der Waals surface area contributed by atoms with Crippen molar-refractivity contribution in [2.24, 2.45) is 0 Å². The van der Waals surface area contributed by atoms with E-state index in [0.717, 1.165) is 13.1 Å². The Hall–Kier alpha value is -1.47. The van der Waals surface area contributed by atoms with Crippen molar-refractivity contribution in [1.29, 1.82) is 0 Å². The van der Waals surface area contributed by atoms with E-state index < -0.39 is 4.92 Å². The fraction of sp³-hybridized carbons (Fsp3) is 0.417. The van der Waals surface area contributed by atoms with Gasteiger partial charge in [0, 0.05) is 42.8 Å². The van der Waals surface area contributed by atoms with E-state index in [0.29, 0.717) is 23.1 Å². The van der Waals surface area contributed by atoms with Gasteiger partial charge in [0.15, 0.2) is 0 Å². The van der Waals surface area contributed by atoms with Crippen molar-refractivity contribution in [3.63, 3.8) is 0 Å². The Balaban J connectivity index is 2.23. The van der Waals surface area contributed by atoms with E-state index in [9.17, 15) is 14.9 Å². The normalized spacial score (nSPS) is 16.4. The summed E-state index contributed by atoms with van der Waals surface area (Å²) in [5.74, 6) is -0.163. The lowest BCUT2D eigenvalue weighted by molar-refractivity contribution is -0.384. The van der Waals surface area contributed by atoms with Crippen molar-refractivity contribution >= 4 is 27.5 Å². The molecular formula is C12H14BrN3O3. The van der Waals surface area contributed by atoms with Gasteiger partial charge in [0.2, 0.25) is 0 Å². The maximum absolute atomic E-state index is 12.4. The molecule has 102 valence electrons. The van der Waals surface area contributed by atoms with E-state index >= 15 is 0 Å². The van der Waals surface area contributed by atoms with E-state index in [4.69, 9.17) is 0 Å². The van der Waals surface area contributed by atoms with Gasteiger partial charge in [-0.2, -0.15) is 0 Å². The molecule has 1 aliphatic rings. The molecule has 0 radical (unpaired) electrons. The topological polar surface area (TPSA) is 66.7 Å². The smallest absolute Gasteiger partial charge is 0.270 e. The molecule has 0 saturated carbocycles. The van der Waals surface area contributed by atoms with Gasteiger partial charge in [0.05, 0.1) is 10.5 Å². The summed E-state index contributed by atoms with van der Waals surface area (Å²) in [5.41, 5.74) is 0.277. The number of carbonyl (C=O) groups excluding carboxylic acids is 1. The lowest BCUT2D eigenvalue weighted by Gasteiger charge is -2.32. The highest BCUT2D eigenvalue weighted by Crippen LogP contribution is 2.24. The Morgan fingerprint density at radius 1 is 1.32 bits per heavy atom. The third kappa shape index (κ3) is 3.10. The highest BCUT2D eigenvalue weighted by molar-refractivity contribution is 9.10. The summed E-state index contributed by atoms with van der Waals surface area (Å²) in [4.78, 5) is 26.5. The van der Waals surface area contributed by atoms with Crippen molar-refractivity contribution in [3.8, 4) is 0 Å². The van der Waals surface area contributed by atoms with Crippen molar-refractivity contribution < 1.29 is 9.72 Å². The molecule has 1 aromatic carbocycles. The Labute approximate surface area is 119 Å². The molecule has 0 aliphatic carbocycles. The van der Waals surface area contributed by atoms with Gasteiger partial charge in [-0.1, -0.05) is 0 Å². The van der Waals surface area contributed by atoms with Gasteiger partial charge in [-0.25, -0.2) is 0 Å². The minimum atomic E-state index is -0.493. The van der Waals surface area contributed by atoms with Crippen molar-refractivity contribution in [2.75, 3.05) is 33.2 Å².